The molecule has 0 aliphatic heterocycles. The summed E-state index contributed by atoms with van der Waals surface area (Å²) in [4.78, 5) is 23.6. The number of anilines is 1. The van der Waals surface area contributed by atoms with Crippen molar-refractivity contribution >= 4 is 17.6 Å². The van der Waals surface area contributed by atoms with Crippen molar-refractivity contribution in [3.63, 3.8) is 0 Å². The molecule has 0 bridgehead atoms. The number of carboxylic acids is 1. The third kappa shape index (κ3) is 2.62. The van der Waals surface area contributed by atoms with Crippen LogP contribution in [-0.4, -0.2) is 17.0 Å². The number of fused-ring (bicyclic) bond motifs is 1. The second-order valence-corrected chi connectivity index (χ2v) is 7.13. The fraction of sp³-hybridized carbons (Fsp3) is 0.556. The number of hydrogen-bond acceptors (Lipinski definition) is 2. The maximum absolute atomic E-state index is 12.3. The molecule has 22 heavy (non-hydrogen) atoms. The molecule has 118 valence electrons. The smallest absolute Gasteiger partial charge is 0.313 e. The maximum Gasteiger partial charge on any atom is 0.313 e. The summed E-state index contributed by atoms with van der Waals surface area (Å²) < 4.78 is 0. The zero-order chi connectivity index (χ0) is 15.9. The molecule has 2 unspecified atom stereocenters. The first-order chi connectivity index (χ1) is 10.4. The molecular weight excluding hydrogens is 278 g/mol. The lowest BCUT2D eigenvalue weighted by atomic mass is 9.85. The number of carboxylic acid groups (broad SMARTS) is 1. The molecule has 4 heteroatoms. The Bertz CT molecular complexity index is 579. The summed E-state index contributed by atoms with van der Waals surface area (Å²) in [5, 5.41) is 12.2. The number of aliphatic carboxylic acids is 1. The van der Waals surface area contributed by atoms with Crippen molar-refractivity contribution in [2.24, 2.45) is 17.8 Å². The Hall–Kier alpha value is -1.84. The molecule has 4 nitrogen and oxygen atoms in total. The lowest BCUT2D eigenvalue weighted by Gasteiger charge is -2.19. The lowest BCUT2D eigenvalue weighted by molar-refractivity contribution is -0.142. The summed E-state index contributed by atoms with van der Waals surface area (Å²) in [5.41, 5.74) is 0.560. The van der Waals surface area contributed by atoms with Crippen LogP contribution in [0.3, 0.4) is 0 Å². The SMILES string of the molecule is CC(C)(C(=O)O)c1ccc(NC(=O)C2C3CCCCC32)cc1. The third-order valence-electron chi connectivity index (χ3n) is 5.37. The van der Waals surface area contributed by atoms with Crippen LogP contribution in [0.4, 0.5) is 5.69 Å². The van der Waals surface area contributed by atoms with Gasteiger partial charge in [-0.05, 0) is 56.2 Å². The predicted molar refractivity (Wildman–Crippen MR) is 84.7 cm³/mol. The van der Waals surface area contributed by atoms with Gasteiger partial charge in [-0.25, -0.2) is 0 Å². The van der Waals surface area contributed by atoms with Gasteiger partial charge < -0.3 is 10.4 Å². The number of benzene rings is 1. The molecule has 0 heterocycles. The Balaban J connectivity index is 1.64. The Kier molecular flexibility index (Phi) is 3.71. The van der Waals surface area contributed by atoms with E-state index in [-0.39, 0.29) is 11.8 Å². The van der Waals surface area contributed by atoms with E-state index in [4.69, 9.17) is 0 Å². The van der Waals surface area contributed by atoms with Crippen molar-refractivity contribution in [1.82, 2.24) is 0 Å². The Morgan fingerprint density at radius 3 is 2.14 bits per heavy atom. The van der Waals surface area contributed by atoms with Crippen LogP contribution in [-0.2, 0) is 15.0 Å². The van der Waals surface area contributed by atoms with Crippen LogP contribution in [0.5, 0.6) is 0 Å². The molecule has 2 fully saturated rings. The van der Waals surface area contributed by atoms with E-state index in [1.807, 2.05) is 0 Å². The van der Waals surface area contributed by atoms with E-state index in [0.717, 1.165) is 11.3 Å². The molecule has 0 aromatic heterocycles. The van der Waals surface area contributed by atoms with Crippen molar-refractivity contribution in [2.75, 3.05) is 5.32 Å². The number of carbonyl (C=O) groups is 2. The summed E-state index contributed by atoms with van der Waals surface area (Å²) in [5.74, 6) is 0.657. The third-order valence-corrected chi connectivity index (χ3v) is 5.37. The van der Waals surface area contributed by atoms with Gasteiger partial charge in [-0.2, -0.15) is 0 Å². The van der Waals surface area contributed by atoms with Gasteiger partial charge in [-0.3, -0.25) is 9.59 Å². The van der Waals surface area contributed by atoms with Gasteiger partial charge in [0.2, 0.25) is 5.91 Å². The zero-order valence-corrected chi connectivity index (χ0v) is 13.1. The van der Waals surface area contributed by atoms with Gasteiger partial charge in [0.25, 0.3) is 0 Å². The quantitative estimate of drug-likeness (QED) is 0.895. The summed E-state index contributed by atoms with van der Waals surface area (Å²) in [6.07, 6.45) is 4.89. The van der Waals surface area contributed by atoms with Gasteiger partial charge in [-0.1, -0.05) is 25.0 Å². The molecule has 2 N–H and O–H groups in total. The molecule has 1 amide bonds. The van der Waals surface area contributed by atoms with Crippen LogP contribution >= 0.6 is 0 Å². The number of rotatable bonds is 4. The van der Waals surface area contributed by atoms with E-state index in [1.54, 1.807) is 38.1 Å². The molecule has 2 aliphatic carbocycles. The van der Waals surface area contributed by atoms with E-state index in [0.29, 0.717) is 11.8 Å². The summed E-state index contributed by atoms with van der Waals surface area (Å²) in [6.45, 7) is 3.36. The summed E-state index contributed by atoms with van der Waals surface area (Å²) >= 11 is 0. The first kappa shape index (κ1) is 15.1. The highest BCUT2D eigenvalue weighted by Crippen LogP contribution is 2.55. The minimum Gasteiger partial charge on any atom is -0.481 e. The van der Waals surface area contributed by atoms with Crippen molar-refractivity contribution in [3.8, 4) is 0 Å². The highest BCUT2D eigenvalue weighted by Gasteiger charge is 2.54. The number of amides is 1. The van der Waals surface area contributed by atoms with Crippen LogP contribution in [0.1, 0.15) is 45.1 Å². The monoisotopic (exact) mass is 301 g/mol. The van der Waals surface area contributed by atoms with Crippen molar-refractivity contribution < 1.29 is 14.7 Å². The second-order valence-electron chi connectivity index (χ2n) is 7.13. The van der Waals surface area contributed by atoms with E-state index in [9.17, 15) is 14.7 Å². The van der Waals surface area contributed by atoms with Crippen molar-refractivity contribution in [2.45, 2.75) is 44.9 Å². The first-order valence-electron chi connectivity index (χ1n) is 8.06. The standard InChI is InChI=1S/C18H23NO3/c1-18(2,17(21)22)11-7-9-12(10-8-11)19-16(20)15-13-5-3-4-6-14(13)15/h7-10,13-15H,3-6H2,1-2H3,(H,19,20)(H,21,22). The van der Waals surface area contributed by atoms with Crippen LogP contribution < -0.4 is 5.32 Å². The average molecular weight is 301 g/mol. The molecule has 1 aromatic rings. The Labute approximate surface area is 130 Å². The van der Waals surface area contributed by atoms with E-state index in [2.05, 4.69) is 5.32 Å². The zero-order valence-electron chi connectivity index (χ0n) is 13.1. The molecule has 0 saturated heterocycles. The molecule has 0 radical (unpaired) electrons. The average Bonchev–Trinajstić information content (AvgIpc) is 3.22. The fourth-order valence-corrected chi connectivity index (χ4v) is 3.70. The topological polar surface area (TPSA) is 66.4 Å². The van der Waals surface area contributed by atoms with Gasteiger partial charge in [0, 0.05) is 11.6 Å². The molecule has 1 aromatic carbocycles. The number of hydrogen-bond donors (Lipinski definition) is 2. The minimum absolute atomic E-state index is 0.127. The normalized spacial score (nSPS) is 26.9. The molecule has 2 atom stereocenters. The van der Waals surface area contributed by atoms with Gasteiger partial charge in [0.05, 0.1) is 5.41 Å². The lowest BCUT2D eigenvalue weighted by Crippen LogP contribution is -2.28. The highest BCUT2D eigenvalue weighted by molar-refractivity contribution is 5.95. The van der Waals surface area contributed by atoms with E-state index in [1.165, 1.54) is 25.7 Å². The van der Waals surface area contributed by atoms with Crippen LogP contribution in [0.25, 0.3) is 0 Å². The number of carbonyl (C=O) groups excluding carboxylic acids is 1. The Morgan fingerprint density at radius 1 is 1.09 bits per heavy atom. The number of nitrogens with one attached hydrogen (secondary N) is 1. The van der Waals surface area contributed by atoms with E-state index < -0.39 is 11.4 Å². The molecule has 2 aliphatic rings. The Morgan fingerprint density at radius 2 is 1.64 bits per heavy atom. The largest absolute Gasteiger partial charge is 0.481 e. The summed E-state index contributed by atoms with van der Waals surface area (Å²) in [6, 6.07) is 7.15. The summed E-state index contributed by atoms with van der Waals surface area (Å²) in [7, 11) is 0. The van der Waals surface area contributed by atoms with Gasteiger partial charge in [0.1, 0.15) is 0 Å². The molecule has 0 spiro atoms. The first-order valence-corrected chi connectivity index (χ1v) is 8.06. The van der Waals surface area contributed by atoms with Crippen LogP contribution in [0, 0.1) is 17.8 Å². The van der Waals surface area contributed by atoms with Crippen molar-refractivity contribution in [1.29, 1.82) is 0 Å². The predicted octanol–water partition coefficient (Wildman–Crippen LogP) is 3.42. The minimum atomic E-state index is -0.923. The second kappa shape index (κ2) is 5.41. The maximum atomic E-state index is 12.3. The van der Waals surface area contributed by atoms with Gasteiger partial charge in [-0.15, -0.1) is 0 Å². The fourth-order valence-electron chi connectivity index (χ4n) is 3.70. The van der Waals surface area contributed by atoms with Gasteiger partial charge >= 0.3 is 5.97 Å². The highest BCUT2D eigenvalue weighted by atomic mass is 16.4. The van der Waals surface area contributed by atoms with Gasteiger partial charge in [0.15, 0.2) is 0 Å². The molecular formula is C18H23NO3. The van der Waals surface area contributed by atoms with Crippen LogP contribution in [0.15, 0.2) is 24.3 Å². The molecule has 3 rings (SSSR count). The molecule has 2 saturated carbocycles. The van der Waals surface area contributed by atoms with E-state index >= 15 is 0 Å². The van der Waals surface area contributed by atoms with Crippen LogP contribution in [0.2, 0.25) is 0 Å². The van der Waals surface area contributed by atoms with Crippen molar-refractivity contribution in [3.05, 3.63) is 29.8 Å².